The van der Waals surface area contributed by atoms with Gasteiger partial charge in [0, 0.05) is 46.5 Å². The third kappa shape index (κ3) is 5.44. The predicted octanol–water partition coefficient (Wildman–Crippen LogP) is 1.06. The molecule has 2 atom stereocenters. The molecule has 2 fully saturated rings. The van der Waals surface area contributed by atoms with E-state index in [0.717, 1.165) is 51.5 Å². The minimum atomic E-state index is 0.297. The molecule has 2 aliphatic heterocycles. The van der Waals surface area contributed by atoms with Gasteiger partial charge in [-0.3, -0.25) is 9.67 Å². The monoisotopic (exact) mass is 349 g/mol. The minimum absolute atomic E-state index is 0.297. The van der Waals surface area contributed by atoms with Gasteiger partial charge in [-0.15, -0.1) is 0 Å². The van der Waals surface area contributed by atoms with Gasteiger partial charge in [-0.2, -0.15) is 5.10 Å². The minimum Gasteiger partial charge on any atom is -0.377 e. The number of guanidine groups is 1. The van der Waals surface area contributed by atoms with Crippen LogP contribution >= 0.6 is 0 Å². The molecular formula is C18H31N5O2. The van der Waals surface area contributed by atoms with Gasteiger partial charge in [0.2, 0.25) is 0 Å². The first-order valence-electron chi connectivity index (χ1n) is 9.37. The van der Waals surface area contributed by atoms with E-state index >= 15 is 0 Å². The maximum atomic E-state index is 5.71. The van der Waals surface area contributed by atoms with Crippen molar-refractivity contribution in [2.45, 2.75) is 31.8 Å². The first-order valence-corrected chi connectivity index (χ1v) is 9.37. The fourth-order valence-corrected chi connectivity index (χ4v) is 3.66. The average Bonchev–Trinajstić information content (AvgIpc) is 3.34. The van der Waals surface area contributed by atoms with E-state index in [0.29, 0.717) is 25.2 Å². The van der Waals surface area contributed by atoms with Crippen LogP contribution in [0.25, 0.3) is 0 Å². The Morgan fingerprint density at radius 1 is 1.48 bits per heavy atom. The van der Waals surface area contributed by atoms with Crippen LogP contribution in [0.4, 0.5) is 0 Å². The summed E-state index contributed by atoms with van der Waals surface area (Å²) in [5.41, 5.74) is 1.32. The van der Waals surface area contributed by atoms with Gasteiger partial charge in [-0.25, -0.2) is 0 Å². The van der Waals surface area contributed by atoms with Crippen LogP contribution in [0.3, 0.4) is 0 Å². The van der Waals surface area contributed by atoms with Crippen molar-refractivity contribution in [1.82, 2.24) is 20.0 Å². The van der Waals surface area contributed by atoms with Crippen molar-refractivity contribution in [1.29, 1.82) is 0 Å². The van der Waals surface area contributed by atoms with Crippen molar-refractivity contribution in [3.8, 4) is 0 Å². The Morgan fingerprint density at radius 2 is 2.40 bits per heavy atom. The van der Waals surface area contributed by atoms with Gasteiger partial charge >= 0.3 is 0 Å². The van der Waals surface area contributed by atoms with Crippen LogP contribution in [0.5, 0.6) is 0 Å². The largest absolute Gasteiger partial charge is 0.377 e. The lowest BCUT2D eigenvalue weighted by molar-refractivity contribution is 0.0190. The Morgan fingerprint density at radius 3 is 3.12 bits per heavy atom. The van der Waals surface area contributed by atoms with E-state index in [1.54, 1.807) is 0 Å². The van der Waals surface area contributed by atoms with Crippen LogP contribution in [0, 0.1) is 5.92 Å². The van der Waals surface area contributed by atoms with Crippen LogP contribution in [-0.2, 0) is 22.9 Å². The van der Waals surface area contributed by atoms with Crippen molar-refractivity contribution in [2.24, 2.45) is 18.0 Å². The Labute approximate surface area is 150 Å². The highest BCUT2D eigenvalue weighted by Crippen LogP contribution is 2.20. The molecule has 0 aliphatic carbocycles. The van der Waals surface area contributed by atoms with Crippen molar-refractivity contribution in [3.63, 3.8) is 0 Å². The van der Waals surface area contributed by atoms with Crippen LogP contribution in [0.15, 0.2) is 17.4 Å². The number of likely N-dealkylation sites (tertiary alicyclic amines) is 1. The predicted molar refractivity (Wildman–Crippen MR) is 97.7 cm³/mol. The number of rotatable bonds is 7. The summed E-state index contributed by atoms with van der Waals surface area (Å²) in [7, 11) is 3.82. The topological polar surface area (TPSA) is 63.9 Å². The third-order valence-corrected chi connectivity index (χ3v) is 4.94. The number of aromatic nitrogens is 2. The molecule has 0 amide bonds. The van der Waals surface area contributed by atoms with E-state index in [1.807, 2.05) is 25.0 Å². The second-order valence-electron chi connectivity index (χ2n) is 7.01. The number of nitrogens with one attached hydrogen (secondary N) is 1. The maximum absolute atomic E-state index is 5.71. The lowest BCUT2D eigenvalue weighted by Crippen LogP contribution is -2.41. The van der Waals surface area contributed by atoms with E-state index in [-0.39, 0.29) is 0 Å². The molecule has 1 N–H and O–H groups in total. The Balaban J connectivity index is 1.33. The second-order valence-corrected chi connectivity index (χ2v) is 7.01. The third-order valence-electron chi connectivity index (χ3n) is 4.94. The van der Waals surface area contributed by atoms with Gasteiger partial charge in [-0.1, -0.05) is 0 Å². The molecule has 1 aromatic rings. The number of aryl methyl sites for hydroxylation is 1. The molecule has 7 nitrogen and oxygen atoms in total. The van der Waals surface area contributed by atoms with Gasteiger partial charge in [0.25, 0.3) is 0 Å². The standard InChI is InChI=1S/C18H31N5O2/c1-19-18(20-6-9-24-14-17-4-3-8-25-17)23-7-5-15(13-23)10-16-11-21-22(2)12-16/h11-12,15,17H,3-10,13-14H2,1-2H3,(H,19,20). The zero-order chi connectivity index (χ0) is 17.5. The Bertz CT molecular complexity index is 553. The molecule has 0 radical (unpaired) electrons. The average molecular weight is 349 g/mol. The summed E-state index contributed by atoms with van der Waals surface area (Å²) in [5.74, 6) is 1.65. The molecule has 3 heterocycles. The van der Waals surface area contributed by atoms with Crippen LogP contribution in [-0.4, -0.2) is 73.2 Å². The first kappa shape index (κ1) is 18.2. The Hall–Kier alpha value is -1.60. The molecule has 1 aromatic heterocycles. The van der Waals surface area contributed by atoms with Gasteiger partial charge in [-0.05, 0) is 37.2 Å². The van der Waals surface area contributed by atoms with E-state index in [2.05, 4.69) is 26.5 Å². The molecule has 0 aromatic carbocycles. The first-order chi connectivity index (χ1) is 12.2. The van der Waals surface area contributed by atoms with E-state index < -0.39 is 0 Å². The van der Waals surface area contributed by atoms with Crippen LogP contribution in [0.1, 0.15) is 24.8 Å². The van der Waals surface area contributed by atoms with Gasteiger partial charge < -0.3 is 19.7 Å². The highest BCUT2D eigenvalue weighted by molar-refractivity contribution is 5.80. The van der Waals surface area contributed by atoms with Crippen molar-refractivity contribution >= 4 is 5.96 Å². The summed E-state index contributed by atoms with van der Waals surface area (Å²) in [4.78, 5) is 6.77. The van der Waals surface area contributed by atoms with E-state index in [1.165, 1.54) is 12.0 Å². The molecule has 2 saturated heterocycles. The van der Waals surface area contributed by atoms with E-state index in [9.17, 15) is 0 Å². The highest BCUT2D eigenvalue weighted by Gasteiger charge is 2.25. The molecule has 0 saturated carbocycles. The molecule has 25 heavy (non-hydrogen) atoms. The molecular weight excluding hydrogens is 318 g/mol. The molecule has 2 unspecified atom stereocenters. The molecule has 0 bridgehead atoms. The molecule has 0 spiro atoms. The van der Waals surface area contributed by atoms with Crippen LogP contribution in [0.2, 0.25) is 0 Å². The molecule has 2 aliphatic rings. The fraction of sp³-hybridized carbons (Fsp3) is 0.778. The summed E-state index contributed by atoms with van der Waals surface area (Å²) in [6, 6.07) is 0. The zero-order valence-corrected chi connectivity index (χ0v) is 15.5. The number of ether oxygens (including phenoxy) is 2. The number of nitrogens with zero attached hydrogens (tertiary/aromatic N) is 4. The van der Waals surface area contributed by atoms with Crippen molar-refractivity contribution < 1.29 is 9.47 Å². The van der Waals surface area contributed by atoms with Gasteiger partial charge in [0.15, 0.2) is 5.96 Å². The lowest BCUT2D eigenvalue weighted by atomic mass is 10.0. The Kier molecular flexibility index (Phi) is 6.69. The molecule has 3 rings (SSSR count). The van der Waals surface area contributed by atoms with Crippen molar-refractivity contribution in [2.75, 3.05) is 46.5 Å². The zero-order valence-electron chi connectivity index (χ0n) is 15.5. The maximum Gasteiger partial charge on any atom is 0.193 e. The summed E-state index contributed by atoms with van der Waals surface area (Å²) in [6.45, 7) is 5.16. The quantitative estimate of drug-likeness (QED) is 0.453. The van der Waals surface area contributed by atoms with Gasteiger partial charge in [0.1, 0.15) is 0 Å². The highest BCUT2D eigenvalue weighted by atomic mass is 16.5. The van der Waals surface area contributed by atoms with Gasteiger partial charge in [0.05, 0.1) is 25.5 Å². The summed E-state index contributed by atoms with van der Waals surface area (Å²) >= 11 is 0. The molecule has 7 heteroatoms. The normalized spacial score (nSPS) is 24.2. The second kappa shape index (κ2) is 9.20. The number of hydrogen-bond donors (Lipinski definition) is 1. The summed E-state index contributed by atoms with van der Waals surface area (Å²) in [6.07, 6.45) is 8.96. The summed E-state index contributed by atoms with van der Waals surface area (Å²) < 4.78 is 13.1. The lowest BCUT2D eigenvalue weighted by Gasteiger charge is -2.22. The number of hydrogen-bond acceptors (Lipinski definition) is 4. The SMILES string of the molecule is CN=C(NCCOCC1CCCO1)N1CCC(Cc2cnn(C)c2)C1. The number of aliphatic imine (C=N–C) groups is 1. The van der Waals surface area contributed by atoms with Crippen molar-refractivity contribution in [3.05, 3.63) is 18.0 Å². The fourth-order valence-electron chi connectivity index (χ4n) is 3.66. The molecule has 140 valence electrons. The summed E-state index contributed by atoms with van der Waals surface area (Å²) in [5, 5.41) is 7.68. The smallest absolute Gasteiger partial charge is 0.193 e. The van der Waals surface area contributed by atoms with Crippen LogP contribution < -0.4 is 5.32 Å². The van der Waals surface area contributed by atoms with E-state index in [4.69, 9.17) is 9.47 Å².